The Morgan fingerprint density at radius 1 is 1.08 bits per heavy atom. The highest BCUT2D eigenvalue weighted by atomic mass is 16.5. The molecule has 0 saturated heterocycles. The summed E-state index contributed by atoms with van der Waals surface area (Å²) < 4.78 is 16.7. The quantitative estimate of drug-likeness (QED) is 0.697. The third-order valence-corrected chi connectivity index (χ3v) is 4.54. The topological polar surface area (TPSA) is 34.8 Å². The summed E-state index contributed by atoms with van der Waals surface area (Å²) >= 11 is 0. The molecule has 4 rings (SSSR count). The van der Waals surface area contributed by atoms with E-state index in [1.807, 2.05) is 18.2 Å². The smallest absolute Gasteiger partial charge is 0.142 e. The van der Waals surface area contributed by atoms with Crippen molar-refractivity contribution in [1.82, 2.24) is 4.90 Å². The van der Waals surface area contributed by atoms with Gasteiger partial charge in [-0.2, -0.15) is 0 Å². The lowest BCUT2D eigenvalue weighted by Crippen LogP contribution is -2.31. The molecule has 25 heavy (non-hydrogen) atoms. The average Bonchev–Trinajstić information content (AvgIpc) is 3.14. The van der Waals surface area contributed by atoms with Crippen LogP contribution in [0.2, 0.25) is 0 Å². The Labute approximate surface area is 147 Å². The fourth-order valence-corrected chi connectivity index (χ4v) is 3.25. The standard InChI is InChI=1S/C21H21NO3/c1-15-10-16(5-7-20(15)23-2)17-6-8-21-18(11-17)12-22(14-25-21)13-19-4-3-9-24-19/h3-11H,12-14H2,1-2H3. The third kappa shape index (κ3) is 3.26. The fraction of sp³-hybridized carbons (Fsp3) is 0.238. The second-order valence-electron chi connectivity index (χ2n) is 6.35. The second-order valence-corrected chi connectivity index (χ2v) is 6.35. The van der Waals surface area contributed by atoms with E-state index in [0.29, 0.717) is 6.73 Å². The zero-order valence-corrected chi connectivity index (χ0v) is 14.5. The van der Waals surface area contributed by atoms with Gasteiger partial charge in [-0.1, -0.05) is 12.1 Å². The molecule has 0 atom stereocenters. The van der Waals surface area contributed by atoms with Gasteiger partial charge in [0.1, 0.15) is 24.0 Å². The summed E-state index contributed by atoms with van der Waals surface area (Å²) in [6.45, 7) is 4.24. The van der Waals surface area contributed by atoms with Gasteiger partial charge in [-0.15, -0.1) is 0 Å². The van der Waals surface area contributed by atoms with E-state index in [4.69, 9.17) is 13.9 Å². The summed E-state index contributed by atoms with van der Waals surface area (Å²) in [5.74, 6) is 2.83. The Morgan fingerprint density at radius 2 is 1.92 bits per heavy atom. The van der Waals surface area contributed by atoms with Crippen LogP contribution in [0.3, 0.4) is 0 Å². The van der Waals surface area contributed by atoms with Gasteiger partial charge >= 0.3 is 0 Å². The van der Waals surface area contributed by atoms with E-state index in [2.05, 4.69) is 42.2 Å². The van der Waals surface area contributed by atoms with E-state index in [1.165, 1.54) is 16.7 Å². The number of nitrogens with zero attached hydrogens (tertiary/aromatic N) is 1. The van der Waals surface area contributed by atoms with Gasteiger partial charge in [0.25, 0.3) is 0 Å². The van der Waals surface area contributed by atoms with Crippen molar-refractivity contribution in [3.05, 3.63) is 71.7 Å². The van der Waals surface area contributed by atoms with Crippen molar-refractivity contribution < 1.29 is 13.9 Å². The first kappa shape index (κ1) is 15.8. The van der Waals surface area contributed by atoms with Gasteiger partial charge < -0.3 is 13.9 Å². The number of benzene rings is 2. The van der Waals surface area contributed by atoms with Crippen LogP contribution in [0, 0.1) is 6.92 Å². The molecule has 0 radical (unpaired) electrons. The maximum atomic E-state index is 5.90. The molecule has 1 aliphatic rings. The van der Waals surface area contributed by atoms with E-state index in [-0.39, 0.29) is 0 Å². The second kappa shape index (κ2) is 6.65. The SMILES string of the molecule is COc1ccc(-c2ccc3c(c2)CN(Cc2ccco2)CO3)cc1C. The Bertz CT molecular complexity index is 871. The van der Waals surface area contributed by atoms with E-state index >= 15 is 0 Å². The van der Waals surface area contributed by atoms with E-state index in [9.17, 15) is 0 Å². The molecule has 0 bridgehead atoms. The lowest BCUT2D eigenvalue weighted by molar-refractivity contribution is 0.0824. The highest BCUT2D eigenvalue weighted by Crippen LogP contribution is 2.32. The minimum atomic E-state index is 0.578. The summed E-state index contributed by atoms with van der Waals surface area (Å²) in [5.41, 5.74) is 4.70. The molecule has 0 N–H and O–H groups in total. The van der Waals surface area contributed by atoms with Crippen molar-refractivity contribution in [2.45, 2.75) is 20.0 Å². The number of furan rings is 1. The largest absolute Gasteiger partial charge is 0.496 e. The van der Waals surface area contributed by atoms with E-state index in [1.54, 1.807) is 13.4 Å². The van der Waals surface area contributed by atoms with Crippen molar-refractivity contribution in [3.63, 3.8) is 0 Å². The van der Waals surface area contributed by atoms with Gasteiger partial charge in [-0.3, -0.25) is 4.90 Å². The van der Waals surface area contributed by atoms with Gasteiger partial charge in [0.2, 0.25) is 0 Å². The summed E-state index contributed by atoms with van der Waals surface area (Å²) in [5, 5.41) is 0. The monoisotopic (exact) mass is 335 g/mol. The first-order chi connectivity index (χ1) is 12.2. The minimum absolute atomic E-state index is 0.578. The van der Waals surface area contributed by atoms with Crippen LogP contribution in [0.4, 0.5) is 0 Å². The number of rotatable bonds is 4. The van der Waals surface area contributed by atoms with Gasteiger partial charge in [0.05, 0.1) is 19.9 Å². The molecule has 0 fully saturated rings. The molecule has 0 spiro atoms. The summed E-state index contributed by atoms with van der Waals surface area (Å²) in [7, 11) is 1.70. The molecule has 0 saturated carbocycles. The molecule has 0 amide bonds. The van der Waals surface area contributed by atoms with Crippen LogP contribution in [0.15, 0.2) is 59.2 Å². The number of aryl methyl sites for hydroxylation is 1. The lowest BCUT2D eigenvalue weighted by Gasteiger charge is -2.28. The predicted molar refractivity (Wildman–Crippen MR) is 96.6 cm³/mol. The van der Waals surface area contributed by atoms with Crippen LogP contribution in [0.5, 0.6) is 11.5 Å². The number of fused-ring (bicyclic) bond motifs is 1. The maximum Gasteiger partial charge on any atom is 0.142 e. The Balaban J connectivity index is 1.58. The first-order valence-corrected chi connectivity index (χ1v) is 8.38. The van der Waals surface area contributed by atoms with Crippen LogP contribution in [0.1, 0.15) is 16.9 Å². The summed E-state index contributed by atoms with van der Waals surface area (Å²) in [4.78, 5) is 2.23. The first-order valence-electron chi connectivity index (χ1n) is 8.38. The molecule has 128 valence electrons. The molecule has 0 unspecified atom stereocenters. The molecule has 3 aromatic rings. The number of ether oxygens (including phenoxy) is 2. The molecule has 4 nitrogen and oxygen atoms in total. The molecular formula is C21H21NO3. The normalized spacial score (nSPS) is 14.0. The number of hydrogen-bond donors (Lipinski definition) is 0. The average molecular weight is 335 g/mol. The van der Waals surface area contributed by atoms with Crippen molar-refractivity contribution in [3.8, 4) is 22.6 Å². The molecule has 1 aromatic heterocycles. The Kier molecular flexibility index (Phi) is 4.20. The highest BCUT2D eigenvalue weighted by molar-refractivity contribution is 5.67. The maximum absolute atomic E-state index is 5.90. The van der Waals surface area contributed by atoms with Crippen LogP contribution in [-0.2, 0) is 13.1 Å². The van der Waals surface area contributed by atoms with Crippen molar-refractivity contribution in [2.24, 2.45) is 0 Å². The van der Waals surface area contributed by atoms with Crippen LogP contribution >= 0.6 is 0 Å². The number of hydrogen-bond acceptors (Lipinski definition) is 4. The van der Waals surface area contributed by atoms with E-state index in [0.717, 1.165) is 35.9 Å². The summed E-state index contributed by atoms with van der Waals surface area (Å²) in [6.07, 6.45) is 1.71. The van der Waals surface area contributed by atoms with Crippen LogP contribution < -0.4 is 9.47 Å². The van der Waals surface area contributed by atoms with E-state index < -0.39 is 0 Å². The zero-order valence-electron chi connectivity index (χ0n) is 14.5. The Hall–Kier alpha value is -2.72. The van der Waals surface area contributed by atoms with Crippen molar-refractivity contribution in [2.75, 3.05) is 13.8 Å². The molecule has 4 heteroatoms. The zero-order chi connectivity index (χ0) is 17.2. The van der Waals surface area contributed by atoms with Crippen molar-refractivity contribution >= 4 is 0 Å². The highest BCUT2D eigenvalue weighted by Gasteiger charge is 2.19. The van der Waals surface area contributed by atoms with Crippen molar-refractivity contribution in [1.29, 1.82) is 0 Å². The molecule has 1 aliphatic heterocycles. The van der Waals surface area contributed by atoms with Crippen LogP contribution in [0.25, 0.3) is 11.1 Å². The lowest BCUT2D eigenvalue weighted by atomic mass is 10.00. The third-order valence-electron chi connectivity index (χ3n) is 4.54. The minimum Gasteiger partial charge on any atom is -0.496 e. The van der Waals surface area contributed by atoms with Gasteiger partial charge in [-0.05, 0) is 60.0 Å². The Morgan fingerprint density at radius 3 is 2.68 bits per heavy atom. The van der Waals surface area contributed by atoms with Gasteiger partial charge in [-0.25, -0.2) is 0 Å². The number of methoxy groups -OCH3 is 1. The summed E-state index contributed by atoms with van der Waals surface area (Å²) in [6, 6.07) is 16.6. The van der Waals surface area contributed by atoms with Crippen LogP contribution in [-0.4, -0.2) is 18.7 Å². The molecule has 0 aliphatic carbocycles. The molecule has 2 aromatic carbocycles. The molecule has 2 heterocycles. The predicted octanol–water partition coefficient (Wildman–Crippen LogP) is 4.62. The van der Waals surface area contributed by atoms with Gasteiger partial charge in [0.15, 0.2) is 0 Å². The fourth-order valence-electron chi connectivity index (χ4n) is 3.25. The molecular weight excluding hydrogens is 314 g/mol. The van der Waals surface area contributed by atoms with Gasteiger partial charge in [0, 0.05) is 12.1 Å².